The van der Waals surface area contributed by atoms with Gasteiger partial charge in [-0.05, 0) is 38.3 Å². The molecule has 1 atom stereocenters. The second-order valence-electron chi connectivity index (χ2n) is 7.08. The first-order valence-electron chi connectivity index (χ1n) is 8.16. The van der Waals surface area contributed by atoms with E-state index < -0.39 is 0 Å². The van der Waals surface area contributed by atoms with Crippen molar-refractivity contribution in [3.05, 3.63) is 35.9 Å². The summed E-state index contributed by atoms with van der Waals surface area (Å²) in [5.74, 6) is 0. The van der Waals surface area contributed by atoms with Crippen LogP contribution in [0.1, 0.15) is 44.6 Å². The van der Waals surface area contributed by atoms with E-state index in [1.165, 1.54) is 37.7 Å². The zero-order chi connectivity index (χ0) is 14.0. The Morgan fingerprint density at radius 3 is 2.40 bits per heavy atom. The van der Waals surface area contributed by atoms with Crippen LogP contribution < -0.4 is 5.32 Å². The third kappa shape index (κ3) is 3.24. The first-order valence-corrected chi connectivity index (χ1v) is 8.16. The summed E-state index contributed by atoms with van der Waals surface area (Å²) in [6.07, 6.45) is 6.92. The van der Waals surface area contributed by atoms with E-state index in [2.05, 4.69) is 54.5 Å². The number of nitrogens with one attached hydrogen (secondary N) is 1. The van der Waals surface area contributed by atoms with Crippen LogP contribution in [0.5, 0.6) is 0 Å². The Morgan fingerprint density at radius 2 is 1.85 bits per heavy atom. The maximum Gasteiger partial charge on any atom is 0.0177 e. The molecule has 2 aliphatic rings. The summed E-state index contributed by atoms with van der Waals surface area (Å²) >= 11 is 0. The van der Waals surface area contributed by atoms with E-state index in [-0.39, 0.29) is 5.41 Å². The Balaban J connectivity index is 1.70. The summed E-state index contributed by atoms with van der Waals surface area (Å²) in [5, 5.41) is 3.75. The third-order valence-corrected chi connectivity index (χ3v) is 5.13. The van der Waals surface area contributed by atoms with Gasteiger partial charge < -0.3 is 10.2 Å². The van der Waals surface area contributed by atoms with Crippen LogP contribution in [0.4, 0.5) is 0 Å². The Kier molecular flexibility index (Phi) is 4.13. The summed E-state index contributed by atoms with van der Waals surface area (Å²) < 4.78 is 0. The fourth-order valence-electron chi connectivity index (χ4n) is 3.25. The Hall–Kier alpha value is -0.860. The SMILES string of the molecule is CN(CC(C)(CNC1CC1)c1ccccc1)C1CCC1. The summed E-state index contributed by atoms with van der Waals surface area (Å²) in [5.41, 5.74) is 1.69. The second kappa shape index (κ2) is 5.87. The minimum Gasteiger partial charge on any atom is -0.313 e. The smallest absolute Gasteiger partial charge is 0.0177 e. The molecule has 0 aliphatic heterocycles. The fraction of sp³-hybridized carbons (Fsp3) is 0.667. The van der Waals surface area contributed by atoms with Gasteiger partial charge >= 0.3 is 0 Å². The molecule has 0 bridgehead atoms. The van der Waals surface area contributed by atoms with Crippen molar-refractivity contribution in [1.29, 1.82) is 0 Å². The molecule has 2 saturated carbocycles. The van der Waals surface area contributed by atoms with Crippen molar-refractivity contribution in [3.63, 3.8) is 0 Å². The van der Waals surface area contributed by atoms with Gasteiger partial charge in [0.25, 0.3) is 0 Å². The van der Waals surface area contributed by atoms with Crippen LogP contribution in [-0.4, -0.2) is 37.1 Å². The summed E-state index contributed by atoms with van der Waals surface area (Å²) in [6, 6.07) is 12.7. The second-order valence-corrected chi connectivity index (χ2v) is 7.08. The van der Waals surface area contributed by atoms with Crippen LogP contribution in [0.25, 0.3) is 0 Å². The van der Waals surface area contributed by atoms with Gasteiger partial charge in [0.2, 0.25) is 0 Å². The highest BCUT2D eigenvalue weighted by atomic mass is 15.1. The molecule has 1 unspecified atom stereocenters. The van der Waals surface area contributed by atoms with E-state index in [0.717, 1.165) is 25.2 Å². The summed E-state index contributed by atoms with van der Waals surface area (Å²) in [6.45, 7) is 4.67. The van der Waals surface area contributed by atoms with E-state index in [0.29, 0.717) is 0 Å². The molecule has 110 valence electrons. The minimum atomic E-state index is 0.216. The van der Waals surface area contributed by atoms with Gasteiger partial charge in [0.05, 0.1) is 0 Å². The fourth-order valence-corrected chi connectivity index (χ4v) is 3.25. The first kappa shape index (κ1) is 14.1. The van der Waals surface area contributed by atoms with Gasteiger partial charge in [0, 0.05) is 30.6 Å². The van der Waals surface area contributed by atoms with Crippen LogP contribution in [-0.2, 0) is 5.41 Å². The number of hydrogen-bond acceptors (Lipinski definition) is 2. The van der Waals surface area contributed by atoms with Crippen molar-refractivity contribution in [1.82, 2.24) is 10.2 Å². The largest absolute Gasteiger partial charge is 0.313 e. The zero-order valence-electron chi connectivity index (χ0n) is 12.9. The van der Waals surface area contributed by atoms with E-state index in [1.807, 2.05) is 0 Å². The van der Waals surface area contributed by atoms with E-state index >= 15 is 0 Å². The molecule has 1 N–H and O–H groups in total. The van der Waals surface area contributed by atoms with Crippen LogP contribution in [0, 0.1) is 0 Å². The molecule has 3 rings (SSSR count). The van der Waals surface area contributed by atoms with Crippen molar-refractivity contribution in [2.24, 2.45) is 0 Å². The monoisotopic (exact) mass is 272 g/mol. The molecule has 0 saturated heterocycles. The molecule has 1 aromatic rings. The number of benzene rings is 1. The predicted molar refractivity (Wildman–Crippen MR) is 85.1 cm³/mol. The van der Waals surface area contributed by atoms with E-state index in [1.54, 1.807) is 0 Å². The van der Waals surface area contributed by atoms with E-state index in [9.17, 15) is 0 Å². The van der Waals surface area contributed by atoms with Crippen LogP contribution >= 0.6 is 0 Å². The normalized spacial score (nSPS) is 22.6. The minimum absolute atomic E-state index is 0.216. The highest BCUT2D eigenvalue weighted by Crippen LogP contribution is 2.30. The number of hydrogen-bond donors (Lipinski definition) is 1. The lowest BCUT2D eigenvalue weighted by Crippen LogP contribution is -2.49. The van der Waals surface area contributed by atoms with Gasteiger partial charge in [-0.1, -0.05) is 43.7 Å². The Bertz CT molecular complexity index is 422. The number of rotatable bonds is 7. The maximum atomic E-state index is 3.75. The summed E-state index contributed by atoms with van der Waals surface area (Å²) in [7, 11) is 2.31. The topological polar surface area (TPSA) is 15.3 Å². The standard InChI is InChI=1S/C18H28N2/c1-18(13-19-16-11-12-16,15-7-4-3-5-8-15)14-20(2)17-9-6-10-17/h3-5,7-8,16-17,19H,6,9-14H2,1-2H3. The van der Waals surface area contributed by atoms with Crippen molar-refractivity contribution in [2.75, 3.05) is 20.1 Å². The molecule has 0 radical (unpaired) electrons. The molecule has 0 aromatic heterocycles. The molecule has 2 nitrogen and oxygen atoms in total. The zero-order valence-corrected chi connectivity index (χ0v) is 12.9. The van der Waals surface area contributed by atoms with Crippen molar-refractivity contribution >= 4 is 0 Å². The van der Waals surface area contributed by atoms with Crippen molar-refractivity contribution < 1.29 is 0 Å². The quantitative estimate of drug-likeness (QED) is 0.820. The molecule has 0 amide bonds. The van der Waals surface area contributed by atoms with Crippen LogP contribution in [0.3, 0.4) is 0 Å². The number of nitrogens with zero attached hydrogens (tertiary/aromatic N) is 1. The van der Waals surface area contributed by atoms with Gasteiger partial charge in [-0.25, -0.2) is 0 Å². The van der Waals surface area contributed by atoms with Crippen LogP contribution in [0.15, 0.2) is 30.3 Å². The maximum absolute atomic E-state index is 3.75. The van der Waals surface area contributed by atoms with Gasteiger partial charge in [0.15, 0.2) is 0 Å². The van der Waals surface area contributed by atoms with Gasteiger partial charge in [0.1, 0.15) is 0 Å². The van der Waals surface area contributed by atoms with Gasteiger partial charge in [-0.15, -0.1) is 0 Å². The Labute approximate surface area is 123 Å². The lowest BCUT2D eigenvalue weighted by molar-refractivity contribution is 0.128. The van der Waals surface area contributed by atoms with Crippen molar-refractivity contribution in [3.8, 4) is 0 Å². The van der Waals surface area contributed by atoms with Gasteiger partial charge in [-0.3, -0.25) is 0 Å². The molecular formula is C18H28N2. The van der Waals surface area contributed by atoms with E-state index in [4.69, 9.17) is 0 Å². The highest BCUT2D eigenvalue weighted by molar-refractivity contribution is 5.26. The van der Waals surface area contributed by atoms with Gasteiger partial charge in [-0.2, -0.15) is 0 Å². The molecule has 1 aromatic carbocycles. The number of likely N-dealkylation sites (N-methyl/N-ethyl adjacent to an activating group) is 1. The van der Waals surface area contributed by atoms with Crippen LogP contribution in [0.2, 0.25) is 0 Å². The molecule has 2 aliphatic carbocycles. The average molecular weight is 272 g/mol. The van der Waals surface area contributed by atoms with Crippen molar-refractivity contribution in [2.45, 2.75) is 56.5 Å². The lowest BCUT2D eigenvalue weighted by atomic mass is 9.80. The average Bonchev–Trinajstić information content (AvgIpc) is 3.19. The Morgan fingerprint density at radius 1 is 1.15 bits per heavy atom. The predicted octanol–water partition coefficient (Wildman–Crippen LogP) is 3.18. The highest BCUT2D eigenvalue weighted by Gasteiger charge is 2.33. The first-order chi connectivity index (χ1) is 9.67. The molecule has 2 fully saturated rings. The third-order valence-electron chi connectivity index (χ3n) is 5.13. The molecular weight excluding hydrogens is 244 g/mol. The molecule has 2 heteroatoms. The molecule has 20 heavy (non-hydrogen) atoms. The molecule has 0 heterocycles. The lowest BCUT2D eigenvalue weighted by Gasteiger charge is -2.41. The molecule has 0 spiro atoms. The summed E-state index contributed by atoms with van der Waals surface area (Å²) in [4.78, 5) is 2.59.